The molecule has 1 aliphatic heterocycles. The number of ether oxygens (including phenoxy) is 1. The van der Waals surface area contributed by atoms with Crippen molar-refractivity contribution in [2.24, 2.45) is 11.8 Å². The van der Waals surface area contributed by atoms with Gasteiger partial charge in [0.2, 0.25) is 0 Å². The van der Waals surface area contributed by atoms with Crippen molar-refractivity contribution in [3.63, 3.8) is 0 Å². The highest BCUT2D eigenvalue weighted by atomic mass is 16.5. The van der Waals surface area contributed by atoms with E-state index in [1.165, 1.54) is 0 Å². The number of hydrogen-bond donors (Lipinski definition) is 0. The standard InChI is InChI=1S/C16H14O3/c17-11-8-10-6-7-12-13(10)15(11)14(16(18)19-12)9-4-2-1-3-5-9/h1-5,10,12-13H,6-8H2/t10-,12-,13+/m0/s1. The van der Waals surface area contributed by atoms with Gasteiger partial charge in [0.25, 0.3) is 0 Å². The molecule has 3 heteroatoms. The molecule has 0 spiro atoms. The zero-order valence-corrected chi connectivity index (χ0v) is 10.5. The summed E-state index contributed by atoms with van der Waals surface area (Å²) in [5.41, 5.74) is 2.06. The van der Waals surface area contributed by atoms with E-state index in [-0.39, 0.29) is 23.8 Å². The van der Waals surface area contributed by atoms with Gasteiger partial charge in [0.1, 0.15) is 6.10 Å². The molecule has 1 aromatic carbocycles. The molecule has 2 aliphatic carbocycles. The number of esters is 1. The normalized spacial score (nSPS) is 32.5. The molecule has 3 aliphatic rings. The molecule has 96 valence electrons. The van der Waals surface area contributed by atoms with E-state index in [1.54, 1.807) is 0 Å². The van der Waals surface area contributed by atoms with Crippen LogP contribution in [-0.2, 0) is 14.3 Å². The summed E-state index contributed by atoms with van der Waals surface area (Å²) in [6, 6.07) is 9.42. The smallest absolute Gasteiger partial charge is 0.339 e. The van der Waals surface area contributed by atoms with Crippen molar-refractivity contribution in [3.05, 3.63) is 41.5 Å². The lowest BCUT2D eigenvalue weighted by Crippen LogP contribution is -2.31. The van der Waals surface area contributed by atoms with E-state index in [4.69, 9.17) is 4.74 Å². The van der Waals surface area contributed by atoms with Gasteiger partial charge in [0, 0.05) is 17.9 Å². The first-order valence-electron chi connectivity index (χ1n) is 6.79. The molecule has 0 N–H and O–H groups in total. The topological polar surface area (TPSA) is 43.4 Å². The molecule has 0 amide bonds. The molecule has 3 atom stereocenters. The van der Waals surface area contributed by atoms with Gasteiger partial charge in [-0.05, 0) is 24.3 Å². The van der Waals surface area contributed by atoms with Crippen LogP contribution in [0.2, 0.25) is 0 Å². The van der Waals surface area contributed by atoms with Crippen molar-refractivity contribution in [2.45, 2.75) is 25.4 Å². The van der Waals surface area contributed by atoms with Crippen LogP contribution in [-0.4, -0.2) is 17.9 Å². The minimum absolute atomic E-state index is 0.0635. The Bertz CT molecular complexity index is 600. The molecule has 0 saturated heterocycles. The molecule has 1 heterocycles. The second-order valence-corrected chi connectivity index (χ2v) is 5.59. The Hall–Kier alpha value is -1.90. The number of carbonyl (C=O) groups is 2. The maximum Gasteiger partial charge on any atom is 0.339 e. The zero-order chi connectivity index (χ0) is 13.0. The van der Waals surface area contributed by atoms with Crippen molar-refractivity contribution in [1.29, 1.82) is 0 Å². The summed E-state index contributed by atoms with van der Waals surface area (Å²) in [6.45, 7) is 0. The predicted molar refractivity (Wildman–Crippen MR) is 69.1 cm³/mol. The number of Topliss-reactive ketones (excluding diaryl/α,β-unsaturated/α-hetero) is 1. The Kier molecular flexibility index (Phi) is 2.19. The van der Waals surface area contributed by atoms with E-state index < -0.39 is 0 Å². The van der Waals surface area contributed by atoms with Crippen molar-refractivity contribution in [2.75, 3.05) is 0 Å². The number of benzene rings is 1. The second kappa shape index (κ2) is 3.80. The Morgan fingerprint density at radius 2 is 1.84 bits per heavy atom. The van der Waals surface area contributed by atoms with E-state index in [2.05, 4.69) is 0 Å². The van der Waals surface area contributed by atoms with Crippen LogP contribution in [0.15, 0.2) is 35.9 Å². The van der Waals surface area contributed by atoms with Crippen LogP contribution in [0.25, 0.3) is 5.57 Å². The lowest BCUT2D eigenvalue weighted by Gasteiger charge is -2.27. The molecule has 19 heavy (non-hydrogen) atoms. The van der Waals surface area contributed by atoms with E-state index >= 15 is 0 Å². The highest BCUT2D eigenvalue weighted by Crippen LogP contribution is 2.51. The Labute approximate surface area is 111 Å². The highest BCUT2D eigenvalue weighted by Gasteiger charge is 2.53. The first kappa shape index (κ1) is 11.0. The summed E-state index contributed by atoms with van der Waals surface area (Å²) in [6.07, 6.45) is 2.43. The molecule has 3 nitrogen and oxygen atoms in total. The average Bonchev–Trinajstić information content (AvgIpc) is 2.95. The minimum Gasteiger partial charge on any atom is -0.458 e. The first-order valence-corrected chi connectivity index (χ1v) is 6.79. The van der Waals surface area contributed by atoms with Crippen molar-refractivity contribution in [1.82, 2.24) is 0 Å². The van der Waals surface area contributed by atoms with Crippen LogP contribution in [0.1, 0.15) is 24.8 Å². The molecule has 2 fully saturated rings. The summed E-state index contributed by atoms with van der Waals surface area (Å²) < 4.78 is 5.56. The third-order valence-corrected chi connectivity index (χ3v) is 4.61. The predicted octanol–water partition coefficient (Wildman–Crippen LogP) is 2.36. The molecule has 0 aromatic heterocycles. The fraction of sp³-hybridized carbons (Fsp3) is 0.375. The van der Waals surface area contributed by atoms with Crippen molar-refractivity contribution >= 4 is 17.3 Å². The molecule has 0 unspecified atom stereocenters. The monoisotopic (exact) mass is 254 g/mol. The number of carbonyl (C=O) groups excluding carboxylic acids is 2. The fourth-order valence-corrected chi connectivity index (χ4v) is 3.85. The minimum atomic E-state index is -0.321. The molecule has 1 aromatic rings. The van der Waals surface area contributed by atoms with Crippen LogP contribution in [0.4, 0.5) is 0 Å². The zero-order valence-electron chi connectivity index (χ0n) is 10.5. The lowest BCUT2D eigenvalue weighted by atomic mass is 9.86. The van der Waals surface area contributed by atoms with Crippen LogP contribution >= 0.6 is 0 Å². The van der Waals surface area contributed by atoms with E-state index in [1.807, 2.05) is 30.3 Å². The van der Waals surface area contributed by atoms with Gasteiger partial charge in [-0.25, -0.2) is 4.79 Å². The number of rotatable bonds is 1. The number of hydrogen-bond acceptors (Lipinski definition) is 3. The summed E-state index contributed by atoms with van der Waals surface area (Å²) in [7, 11) is 0. The maximum absolute atomic E-state index is 12.3. The van der Waals surface area contributed by atoms with Crippen molar-refractivity contribution < 1.29 is 14.3 Å². The van der Waals surface area contributed by atoms with Gasteiger partial charge in [-0.3, -0.25) is 4.79 Å². The second-order valence-electron chi connectivity index (χ2n) is 5.59. The summed E-state index contributed by atoms with van der Waals surface area (Å²) in [5, 5.41) is 0. The van der Waals surface area contributed by atoms with Gasteiger partial charge >= 0.3 is 5.97 Å². The first-order chi connectivity index (χ1) is 9.25. The Morgan fingerprint density at radius 3 is 2.63 bits per heavy atom. The largest absolute Gasteiger partial charge is 0.458 e. The van der Waals surface area contributed by atoms with E-state index in [9.17, 15) is 9.59 Å². The van der Waals surface area contributed by atoms with Crippen LogP contribution in [0.5, 0.6) is 0 Å². The maximum atomic E-state index is 12.3. The summed E-state index contributed by atoms with van der Waals surface area (Å²) >= 11 is 0. The Morgan fingerprint density at radius 1 is 1.05 bits per heavy atom. The van der Waals surface area contributed by atoms with E-state index in [0.29, 0.717) is 17.9 Å². The van der Waals surface area contributed by atoms with Gasteiger partial charge in [0.15, 0.2) is 5.78 Å². The van der Waals surface area contributed by atoms with Crippen LogP contribution in [0, 0.1) is 11.8 Å². The van der Waals surface area contributed by atoms with Crippen molar-refractivity contribution in [3.8, 4) is 0 Å². The quantitative estimate of drug-likeness (QED) is 0.723. The summed E-state index contributed by atoms with van der Waals surface area (Å²) in [4.78, 5) is 24.5. The van der Waals surface area contributed by atoms with Crippen LogP contribution in [0.3, 0.4) is 0 Å². The van der Waals surface area contributed by atoms with Gasteiger partial charge < -0.3 is 4.74 Å². The SMILES string of the molecule is O=C1C[C@@H]2CC[C@@H]3OC(=O)C(c4ccccc4)=C1[C@H]23. The molecule has 0 bridgehead atoms. The summed E-state index contributed by atoms with van der Waals surface area (Å²) in [5.74, 6) is 0.369. The van der Waals surface area contributed by atoms with Crippen LogP contribution < -0.4 is 0 Å². The van der Waals surface area contributed by atoms with E-state index in [0.717, 1.165) is 24.0 Å². The third kappa shape index (κ3) is 1.44. The molecule has 0 radical (unpaired) electrons. The average molecular weight is 254 g/mol. The van der Waals surface area contributed by atoms with Gasteiger partial charge in [-0.1, -0.05) is 30.3 Å². The molecular weight excluding hydrogens is 240 g/mol. The molecule has 2 saturated carbocycles. The Balaban J connectivity index is 1.94. The fourth-order valence-electron chi connectivity index (χ4n) is 3.85. The van der Waals surface area contributed by atoms with Gasteiger partial charge in [-0.2, -0.15) is 0 Å². The van der Waals surface area contributed by atoms with Gasteiger partial charge in [-0.15, -0.1) is 0 Å². The lowest BCUT2D eigenvalue weighted by molar-refractivity contribution is -0.144. The third-order valence-electron chi connectivity index (χ3n) is 4.61. The highest BCUT2D eigenvalue weighted by molar-refractivity contribution is 6.25. The molecule has 4 rings (SSSR count). The molecular formula is C16H14O3. The van der Waals surface area contributed by atoms with Gasteiger partial charge in [0.05, 0.1) is 5.57 Å². The number of ketones is 1.